The van der Waals surface area contributed by atoms with Gasteiger partial charge in [0.2, 0.25) is 11.9 Å². The second-order valence-electron chi connectivity index (χ2n) is 17.4. The maximum Gasteiger partial charge on any atom is 0.303 e. The van der Waals surface area contributed by atoms with Gasteiger partial charge in [0, 0.05) is 113 Å². The molecule has 0 bridgehead atoms. The summed E-state index contributed by atoms with van der Waals surface area (Å²) in [6.07, 6.45) is 4.32. The van der Waals surface area contributed by atoms with Gasteiger partial charge in [-0.3, -0.25) is 14.6 Å². The summed E-state index contributed by atoms with van der Waals surface area (Å²) in [5, 5.41) is 19.5. The third-order valence-corrected chi connectivity index (χ3v) is 12.5. The van der Waals surface area contributed by atoms with Crippen molar-refractivity contribution in [3.8, 4) is 22.5 Å². The van der Waals surface area contributed by atoms with E-state index in [0.29, 0.717) is 79.9 Å². The van der Waals surface area contributed by atoms with E-state index in [4.69, 9.17) is 15.0 Å². The van der Waals surface area contributed by atoms with E-state index in [1.54, 1.807) is 12.4 Å². The Morgan fingerprint density at radius 3 is 2.25 bits per heavy atom. The molecule has 350 valence electrons. The highest BCUT2D eigenvalue weighted by molar-refractivity contribution is 5.67. The van der Waals surface area contributed by atoms with Gasteiger partial charge >= 0.3 is 5.97 Å². The number of nitrogens with zero attached hydrogens (tertiary/aromatic N) is 7. The fourth-order valence-electron chi connectivity index (χ4n) is 9.15. The Hall–Kier alpha value is -6.33. The molecule has 2 unspecified atom stereocenters. The van der Waals surface area contributed by atoms with E-state index in [9.17, 15) is 27.5 Å². The molecular weight excluding hydrogens is 861 g/mol. The van der Waals surface area contributed by atoms with Crippen molar-refractivity contribution in [2.75, 3.05) is 62.6 Å². The summed E-state index contributed by atoms with van der Waals surface area (Å²) in [6, 6.07) is 25.5. The normalized spacial score (nSPS) is 17.3. The Morgan fingerprint density at radius 1 is 0.806 bits per heavy atom. The Bertz CT molecular complexity index is 2620. The van der Waals surface area contributed by atoms with Gasteiger partial charge < -0.3 is 26.0 Å². The van der Waals surface area contributed by atoms with Crippen molar-refractivity contribution in [1.82, 2.24) is 40.4 Å². The van der Waals surface area contributed by atoms with E-state index in [2.05, 4.69) is 72.9 Å². The minimum Gasteiger partial charge on any atom is -0.481 e. The average Bonchev–Trinajstić information content (AvgIpc) is 3.30. The first-order valence-corrected chi connectivity index (χ1v) is 22.9. The average molecular weight is 917 g/mol. The quantitative estimate of drug-likeness (QED) is 0.0628. The standard InChI is InChI=1S/C51H56F4N10O2/c1-33-6-7-39(27-45(33)47-12-15-59-50(61-47)58-14-10-35-23-40(52)28-41(53)24-35)49(64-21-18-56-30-34(64)2)65(19-13-36-25-42(54)29-43(55)26-36)51-60-16-11-46(62-51)38-5-3-4-37(22-38)32-63-20-17-57-31-44(63)8-9-48(66)67/h3-7,11-12,15-16,22-29,34,44,49,56-57H,8-10,13-14,17-21,30-32H2,1-2H3,(H,66,67)(H,58,59,61)/t34-,44?,49?/m0/s1. The molecule has 12 nitrogen and oxygen atoms in total. The lowest BCUT2D eigenvalue weighted by Gasteiger charge is -2.45. The summed E-state index contributed by atoms with van der Waals surface area (Å²) in [5.41, 5.74) is 7.16. The number of hydrogen-bond acceptors (Lipinski definition) is 11. The van der Waals surface area contributed by atoms with Gasteiger partial charge in [-0.05, 0) is 109 Å². The number of aromatic nitrogens is 4. The van der Waals surface area contributed by atoms with Crippen molar-refractivity contribution in [2.24, 2.45) is 0 Å². The second kappa shape index (κ2) is 22.0. The van der Waals surface area contributed by atoms with Crippen molar-refractivity contribution in [1.29, 1.82) is 0 Å². The molecule has 0 radical (unpaired) electrons. The molecule has 0 amide bonds. The van der Waals surface area contributed by atoms with E-state index in [-0.39, 0.29) is 18.5 Å². The van der Waals surface area contributed by atoms with Crippen LogP contribution in [0.1, 0.15) is 53.7 Å². The Balaban J connectivity index is 1.14. The van der Waals surface area contributed by atoms with Gasteiger partial charge in [-0.15, -0.1) is 0 Å². The molecule has 0 spiro atoms. The summed E-state index contributed by atoms with van der Waals surface area (Å²) in [6.45, 7) is 10.0. The van der Waals surface area contributed by atoms with Crippen molar-refractivity contribution in [2.45, 2.75) is 64.3 Å². The van der Waals surface area contributed by atoms with Crippen LogP contribution in [0.3, 0.4) is 0 Å². The van der Waals surface area contributed by atoms with Crippen LogP contribution in [-0.4, -0.2) is 105 Å². The molecular formula is C51H56F4N10O2. The number of carboxylic acid groups (broad SMARTS) is 1. The summed E-state index contributed by atoms with van der Waals surface area (Å²) >= 11 is 0. The maximum atomic E-state index is 14.6. The molecule has 6 aromatic rings. The summed E-state index contributed by atoms with van der Waals surface area (Å²) in [7, 11) is 0. The van der Waals surface area contributed by atoms with Gasteiger partial charge in [-0.1, -0.05) is 30.3 Å². The van der Waals surface area contributed by atoms with Gasteiger partial charge in [-0.25, -0.2) is 37.5 Å². The molecule has 67 heavy (non-hydrogen) atoms. The van der Waals surface area contributed by atoms with Crippen molar-refractivity contribution >= 4 is 17.9 Å². The number of halogens is 4. The van der Waals surface area contributed by atoms with Gasteiger partial charge in [0.1, 0.15) is 29.4 Å². The van der Waals surface area contributed by atoms with E-state index in [1.807, 2.05) is 31.2 Å². The predicted octanol–water partition coefficient (Wildman–Crippen LogP) is 7.80. The first-order chi connectivity index (χ1) is 32.4. The van der Waals surface area contributed by atoms with Crippen molar-refractivity contribution in [3.63, 3.8) is 0 Å². The van der Waals surface area contributed by atoms with Crippen LogP contribution < -0.4 is 20.9 Å². The van der Waals surface area contributed by atoms with Crippen LogP contribution in [0.25, 0.3) is 22.5 Å². The zero-order valence-electron chi connectivity index (χ0n) is 37.7. The lowest BCUT2D eigenvalue weighted by molar-refractivity contribution is -0.137. The molecule has 0 saturated carbocycles. The molecule has 2 saturated heterocycles. The highest BCUT2D eigenvalue weighted by atomic mass is 19.1. The number of nitrogens with one attached hydrogen (secondary N) is 3. The summed E-state index contributed by atoms with van der Waals surface area (Å²) < 4.78 is 57.0. The molecule has 4 heterocycles. The monoisotopic (exact) mass is 916 g/mol. The summed E-state index contributed by atoms with van der Waals surface area (Å²) in [4.78, 5) is 37.7. The van der Waals surface area contributed by atoms with Crippen molar-refractivity contribution in [3.05, 3.63) is 154 Å². The zero-order chi connectivity index (χ0) is 46.9. The molecule has 8 rings (SSSR count). The number of aryl methyl sites for hydroxylation is 1. The SMILES string of the molecule is Cc1ccc(C(N(CCc2cc(F)cc(F)c2)c2nccc(-c3cccc(CN4CCNCC4CCC(=O)O)c3)n2)N2CCNC[C@@H]2C)cc1-c1ccnc(NCCc2cc(F)cc(F)c2)n1. The second-order valence-corrected chi connectivity index (χ2v) is 17.4. The third kappa shape index (κ3) is 12.4. The van der Waals surface area contributed by atoms with Crippen LogP contribution in [0.5, 0.6) is 0 Å². The smallest absolute Gasteiger partial charge is 0.303 e. The van der Waals surface area contributed by atoms with Gasteiger partial charge in [0.05, 0.1) is 11.4 Å². The minimum atomic E-state index is -0.800. The van der Waals surface area contributed by atoms with E-state index < -0.39 is 35.4 Å². The number of benzene rings is 4. The zero-order valence-corrected chi connectivity index (χ0v) is 37.7. The van der Waals surface area contributed by atoms with Gasteiger partial charge in [0.25, 0.3) is 0 Å². The number of piperazine rings is 2. The molecule has 2 fully saturated rings. The highest BCUT2D eigenvalue weighted by Crippen LogP contribution is 2.35. The van der Waals surface area contributed by atoms with Crippen LogP contribution in [0.4, 0.5) is 29.5 Å². The molecule has 16 heteroatoms. The lowest BCUT2D eigenvalue weighted by atomic mass is 9.98. The number of hydrogen-bond donors (Lipinski definition) is 4. The molecule has 2 aliphatic heterocycles. The van der Waals surface area contributed by atoms with E-state index >= 15 is 0 Å². The lowest BCUT2D eigenvalue weighted by Crippen LogP contribution is -2.55. The third-order valence-electron chi connectivity index (χ3n) is 12.5. The molecule has 3 atom stereocenters. The summed E-state index contributed by atoms with van der Waals surface area (Å²) in [5.74, 6) is -2.54. The number of anilines is 2. The topological polar surface area (TPSA) is 135 Å². The largest absolute Gasteiger partial charge is 0.481 e. The van der Waals surface area contributed by atoms with Crippen LogP contribution in [0, 0.1) is 30.2 Å². The highest BCUT2D eigenvalue weighted by Gasteiger charge is 2.34. The first-order valence-electron chi connectivity index (χ1n) is 22.9. The fourth-order valence-corrected chi connectivity index (χ4v) is 9.15. The number of carbonyl (C=O) groups is 1. The molecule has 4 N–H and O–H groups in total. The number of rotatable bonds is 18. The first kappa shape index (κ1) is 47.2. The van der Waals surface area contributed by atoms with Crippen molar-refractivity contribution < 1.29 is 27.5 Å². The molecule has 4 aromatic carbocycles. The van der Waals surface area contributed by atoms with E-state index in [1.165, 1.54) is 24.3 Å². The number of carboxylic acids is 1. The molecule has 2 aliphatic rings. The van der Waals surface area contributed by atoms with Gasteiger partial charge in [-0.2, -0.15) is 0 Å². The Morgan fingerprint density at radius 2 is 1.51 bits per heavy atom. The molecule has 2 aromatic heterocycles. The van der Waals surface area contributed by atoms with Crippen LogP contribution in [-0.2, 0) is 24.2 Å². The maximum absolute atomic E-state index is 14.6. The molecule has 0 aliphatic carbocycles. The minimum absolute atomic E-state index is 0.0724. The van der Waals surface area contributed by atoms with Crippen LogP contribution >= 0.6 is 0 Å². The van der Waals surface area contributed by atoms with Crippen LogP contribution in [0.2, 0.25) is 0 Å². The Labute approximate surface area is 388 Å². The Kier molecular flexibility index (Phi) is 15.5. The van der Waals surface area contributed by atoms with Gasteiger partial charge in [0.15, 0.2) is 0 Å². The fraction of sp³-hybridized carbons (Fsp3) is 0.353. The van der Waals surface area contributed by atoms with Crippen LogP contribution in [0.15, 0.2) is 103 Å². The van der Waals surface area contributed by atoms with E-state index in [0.717, 1.165) is 72.7 Å². The number of aliphatic carboxylic acids is 1. The predicted molar refractivity (Wildman–Crippen MR) is 251 cm³/mol.